The van der Waals surface area contributed by atoms with Gasteiger partial charge in [0.1, 0.15) is 0 Å². The van der Waals surface area contributed by atoms with Gasteiger partial charge < -0.3 is 15.2 Å². The van der Waals surface area contributed by atoms with Crippen molar-refractivity contribution in [3.05, 3.63) is 112 Å². The normalized spacial score (nSPS) is 13.9. The molecular formula is C32H32ClN3O2. The maximum absolute atomic E-state index is 12.9. The van der Waals surface area contributed by atoms with E-state index in [0.717, 1.165) is 41.5 Å². The Kier molecular flexibility index (Phi) is 7.94. The van der Waals surface area contributed by atoms with Gasteiger partial charge in [-0.15, -0.1) is 0 Å². The molecule has 194 valence electrons. The number of carbonyl (C=O) groups is 2. The number of nitrogens with one attached hydrogen (secondary N) is 2. The van der Waals surface area contributed by atoms with Crippen LogP contribution in [0.2, 0.25) is 5.02 Å². The number of hydrogen-bond acceptors (Lipinski definition) is 4. The van der Waals surface area contributed by atoms with Gasteiger partial charge in [-0.25, -0.2) is 0 Å². The molecule has 2 N–H and O–H groups in total. The number of rotatable bonds is 9. The van der Waals surface area contributed by atoms with E-state index in [1.807, 2.05) is 54.6 Å². The van der Waals surface area contributed by atoms with Crippen molar-refractivity contribution < 1.29 is 9.59 Å². The summed E-state index contributed by atoms with van der Waals surface area (Å²) < 4.78 is 0. The van der Waals surface area contributed by atoms with E-state index in [1.54, 1.807) is 18.5 Å². The van der Waals surface area contributed by atoms with E-state index in [0.29, 0.717) is 29.0 Å². The van der Waals surface area contributed by atoms with E-state index < -0.39 is 0 Å². The third-order valence-corrected chi connectivity index (χ3v) is 7.57. The van der Waals surface area contributed by atoms with Crippen molar-refractivity contribution in [2.75, 3.05) is 23.3 Å². The van der Waals surface area contributed by atoms with Crippen LogP contribution in [0, 0.1) is 5.92 Å². The van der Waals surface area contributed by atoms with Gasteiger partial charge in [0.15, 0.2) is 11.6 Å². The van der Waals surface area contributed by atoms with E-state index in [1.165, 1.54) is 18.5 Å². The fourth-order valence-corrected chi connectivity index (χ4v) is 5.08. The first-order chi connectivity index (χ1) is 18.4. The van der Waals surface area contributed by atoms with Crippen molar-refractivity contribution in [1.82, 2.24) is 4.98 Å². The van der Waals surface area contributed by atoms with Crippen LogP contribution in [0.4, 0.5) is 17.1 Å². The molecule has 0 spiro atoms. The predicted octanol–water partition coefficient (Wildman–Crippen LogP) is 7.50. The fraction of sp³-hybridized carbons (Fsp3) is 0.250. The lowest BCUT2D eigenvalue weighted by atomic mass is 9.98. The molecule has 0 amide bonds. The zero-order chi connectivity index (χ0) is 26.5. The summed E-state index contributed by atoms with van der Waals surface area (Å²) in [5.74, 6) is 0.941. The topological polar surface area (TPSA) is 65.2 Å². The molecule has 6 heteroatoms. The fourth-order valence-electron chi connectivity index (χ4n) is 4.83. The number of carbonyl (C=O) groups excluding carboxylic acids is 2. The van der Waals surface area contributed by atoms with Crippen LogP contribution in [0.15, 0.2) is 85.2 Å². The quantitative estimate of drug-likeness (QED) is 0.222. The van der Waals surface area contributed by atoms with Crippen LogP contribution in [0.5, 0.6) is 0 Å². The Morgan fingerprint density at radius 2 is 1.53 bits per heavy atom. The summed E-state index contributed by atoms with van der Waals surface area (Å²) in [5, 5.41) is 3.87. The molecule has 1 aliphatic heterocycles. The van der Waals surface area contributed by atoms with Crippen LogP contribution in [0.1, 0.15) is 51.6 Å². The van der Waals surface area contributed by atoms with Crippen molar-refractivity contribution in [2.45, 2.75) is 32.6 Å². The van der Waals surface area contributed by atoms with Gasteiger partial charge in [-0.05, 0) is 84.5 Å². The molecule has 0 aliphatic carbocycles. The number of anilines is 3. The number of H-pyrrole nitrogens is 1. The summed E-state index contributed by atoms with van der Waals surface area (Å²) in [6, 6.07) is 23.2. The van der Waals surface area contributed by atoms with E-state index in [2.05, 4.69) is 34.3 Å². The van der Waals surface area contributed by atoms with Gasteiger partial charge in [-0.1, -0.05) is 36.7 Å². The summed E-state index contributed by atoms with van der Waals surface area (Å²) >= 11 is 6.56. The highest BCUT2D eigenvalue weighted by atomic mass is 35.5. The van der Waals surface area contributed by atoms with Crippen LogP contribution in [-0.2, 0) is 12.8 Å². The first-order valence-electron chi connectivity index (χ1n) is 13.1. The zero-order valence-electron chi connectivity index (χ0n) is 21.5. The van der Waals surface area contributed by atoms with E-state index in [9.17, 15) is 9.59 Å². The van der Waals surface area contributed by atoms with Crippen LogP contribution >= 0.6 is 11.6 Å². The minimum atomic E-state index is 0.0744. The summed E-state index contributed by atoms with van der Waals surface area (Å²) in [6.45, 7) is 4.46. The van der Waals surface area contributed by atoms with Crippen LogP contribution in [0.3, 0.4) is 0 Å². The monoisotopic (exact) mass is 525 g/mol. The number of aromatic amines is 1. The summed E-state index contributed by atoms with van der Waals surface area (Å²) in [6.07, 6.45) is 6.54. The van der Waals surface area contributed by atoms with Crippen LogP contribution in [-0.4, -0.2) is 29.6 Å². The largest absolute Gasteiger partial charge is 0.372 e. The van der Waals surface area contributed by atoms with Gasteiger partial charge >= 0.3 is 0 Å². The minimum Gasteiger partial charge on any atom is -0.372 e. The van der Waals surface area contributed by atoms with Gasteiger partial charge in [0.2, 0.25) is 0 Å². The van der Waals surface area contributed by atoms with Gasteiger partial charge in [0.05, 0.1) is 10.7 Å². The molecule has 1 aliphatic rings. The Morgan fingerprint density at radius 1 is 0.868 bits per heavy atom. The second kappa shape index (κ2) is 11.7. The molecule has 38 heavy (non-hydrogen) atoms. The number of aromatic nitrogens is 1. The first kappa shape index (κ1) is 25.8. The average Bonchev–Trinajstić information content (AvgIpc) is 3.47. The molecule has 0 atom stereocenters. The van der Waals surface area contributed by atoms with E-state index >= 15 is 0 Å². The number of benzene rings is 3. The highest BCUT2D eigenvalue weighted by molar-refractivity contribution is 6.33. The zero-order valence-corrected chi connectivity index (χ0v) is 22.3. The SMILES string of the molecule is CC1CCN(c2ccc(C(=O)Cc3ccc(Nc4ccc(CC(=O)c5cc[nH]c5)cc4)c(Cl)c3)cc2)CC1. The van der Waals surface area contributed by atoms with Gasteiger partial charge in [-0.3, -0.25) is 9.59 Å². The Hall–Kier alpha value is -3.83. The highest BCUT2D eigenvalue weighted by Crippen LogP contribution is 2.28. The lowest BCUT2D eigenvalue weighted by Crippen LogP contribution is -2.32. The number of hydrogen-bond donors (Lipinski definition) is 2. The molecule has 2 heterocycles. The van der Waals surface area contributed by atoms with Crippen molar-refractivity contribution in [3.8, 4) is 0 Å². The number of piperidine rings is 1. The van der Waals surface area contributed by atoms with Crippen molar-refractivity contribution in [2.24, 2.45) is 5.92 Å². The van der Waals surface area contributed by atoms with Crippen molar-refractivity contribution >= 4 is 40.2 Å². The molecule has 0 radical (unpaired) electrons. The number of halogens is 1. The van der Waals surface area contributed by atoms with E-state index in [4.69, 9.17) is 11.6 Å². The number of nitrogens with zero attached hydrogens (tertiary/aromatic N) is 1. The van der Waals surface area contributed by atoms with Crippen LogP contribution < -0.4 is 10.2 Å². The maximum atomic E-state index is 12.9. The molecule has 3 aromatic carbocycles. The maximum Gasteiger partial charge on any atom is 0.168 e. The number of ketones is 2. The first-order valence-corrected chi connectivity index (χ1v) is 13.5. The Bertz CT molecular complexity index is 1390. The van der Waals surface area contributed by atoms with E-state index in [-0.39, 0.29) is 11.6 Å². The summed E-state index contributed by atoms with van der Waals surface area (Å²) in [5.41, 5.74) is 6.04. The van der Waals surface area contributed by atoms with Gasteiger partial charge in [0.25, 0.3) is 0 Å². The van der Waals surface area contributed by atoms with Crippen LogP contribution in [0.25, 0.3) is 0 Å². The molecular weight excluding hydrogens is 494 g/mol. The lowest BCUT2D eigenvalue weighted by Gasteiger charge is -2.32. The van der Waals surface area contributed by atoms with Gasteiger partial charge in [-0.2, -0.15) is 0 Å². The smallest absolute Gasteiger partial charge is 0.168 e. The number of Topliss-reactive ketones (excluding diaryl/α,β-unsaturated/α-hetero) is 2. The molecule has 1 saturated heterocycles. The second-order valence-corrected chi connectivity index (χ2v) is 10.6. The minimum absolute atomic E-state index is 0.0744. The second-order valence-electron chi connectivity index (χ2n) is 10.2. The Morgan fingerprint density at radius 3 is 2.18 bits per heavy atom. The predicted molar refractivity (Wildman–Crippen MR) is 155 cm³/mol. The molecule has 0 bridgehead atoms. The molecule has 1 fully saturated rings. The molecule has 1 aromatic heterocycles. The Labute approximate surface area is 228 Å². The van der Waals surface area contributed by atoms with Crippen molar-refractivity contribution in [3.63, 3.8) is 0 Å². The highest BCUT2D eigenvalue weighted by Gasteiger charge is 2.17. The summed E-state index contributed by atoms with van der Waals surface area (Å²) in [4.78, 5) is 30.5. The molecule has 0 unspecified atom stereocenters. The summed E-state index contributed by atoms with van der Waals surface area (Å²) in [7, 11) is 0. The van der Waals surface area contributed by atoms with Gasteiger partial charge in [0, 0.05) is 60.8 Å². The molecule has 4 aromatic rings. The third kappa shape index (κ3) is 6.35. The molecule has 0 saturated carbocycles. The third-order valence-electron chi connectivity index (χ3n) is 7.25. The standard InChI is InChI=1S/C32H32ClN3O2/c1-22-13-16-36(17-14-22)28-9-5-25(6-10-28)31(37)20-24-4-11-30(29(33)18-24)35-27-7-2-23(3-8-27)19-32(38)26-12-15-34-21-26/h2-12,15,18,21-22,34-35H,13-14,16-17,19-20H2,1H3. The molecule has 5 nitrogen and oxygen atoms in total. The average molecular weight is 526 g/mol. The Balaban J connectivity index is 1.17. The van der Waals surface area contributed by atoms with Crippen molar-refractivity contribution in [1.29, 1.82) is 0 Å². The molecule has 5 rings (SSSR count). The lowest BCUT2D eigenvalue weighted by molar-refractivity contribution is 0.0985.